The molecule has 0 radical (unpaired) electrons. The molecule has 7 nitrogen and oxygen atoms in total. The molecule has 2 aromatic heterocycles. The lowest BCUT2D eigenvalue weighted by molar-refractivity contribution is 0.0926. The molecule has 0 aliphatic heterocycles. The number of amides is 1. The van der Waals surface area contributed by atoms with Crippen molar-refractivity contribution in [3.8, 4) is 0 Å². The highest BCUT2D eigenvalue weighted by Crippen LogP contribution is 2.14. The second-order valence-corrected chi connectivity index (χ2v) is 5.12. The second-order valence-electron chi connectivity index (χ2n) is 5.12. The summed E-state index contributed by atoms with van der Waals surface area (Å²) < 4.78 is 10.1. The molecule has 7 heteroatoms. The smallest absolute Gasteiger partial charge is 0.274 e. The Kier molecular flexibility index (Phi) is 4.74. The third-order valence-corrected chi connectivity index (χ3v) is 3.14. The SMILES string of the molecule is COCc1c(C(=O)N[C@H](C)Cc2cc(C)[nH]n2)noc1C. The molecule has 2 rings (SSSR count). The van der Waals surface area contributed by atoms with Crippen molar-refractivity contribution in [1.29, 1.82) is 0 Å². The number of aromatic nitrogens is 3. The predicted molar refractivity (Wildman–Crippen MR) is 75.9 cm³/mol. The average molecular weight is 292 g/mol. The molecule has 2 heterocycles. The number of nitrogens with zero attached hydrogens (tertiary/aromatic N) is 2. The van der Waals surface area contributed by atoms with Crippen LogP contribution in [0.5, 0.6) is 0 Å². The van der Waals surface area contributed by atoms with Crippen LogP contribution in [0.2, 0.25) is 0 Å². The largest absolute Gasteiger partial charge is 0.380 e. The number of nitrogens with one attached hydrogen (secondary N) is 2. The molecule has 0 unspecified atom stereocenters. The third kappa shape index (κ3) is 3.69. The summed E-state index contributed by atoms with van der Waals surface area (Å²) in [5.41, 5.74) is 2.86. The van der Waals surface area contributed by atoms with Gasteiger partial charge in [-0.1, -0.05) is 5.16 Å². The molecule has 0 saturated heterocycles. The number of hydrogen-bond acceptors (Lipinski definition) is 5. The van der Waals surface area contributed by atoms with Crippen LogP contribution in [-0.4, -0.2) is 34.4 Å². The Morgan fingerprint density at radius 1 is 1.52 bits per heavy atom. The molecule has 0 aliphatic carbocycles. The van der Waals surface area contributed by atoms with Crippen molar-refractivity contribution >= 4 is 5.91 Å². The molecule has 1 atom stereocenters. The highest BCUT2D eigenvalue weighted by molar-refractivity contribution is 5.93. The Morgan fingerprint density at radius 2 is 2.29 bits per heavy atom. The molecule has 0 spiro atoms. The Balaban J connectivity index is 2.00. The van der Waals surface area contributed by atoms with Crippen molar-refractivity contribution in [2.45, 2.75) is 39.8 Å². The Labute approximate surface area is 123 Å². The summed E-state index contributed by atoms with van der Waals surface area (Å²) in [7, 11) is 1.57. The van der Waals surface area contributed by atoms with Crippen molar-refractivity contribution < 1.29 is 14.1 Å². The highest BCUT2D eigenvalue weighted by Gasteiger charge is 2.21. The summed E-state index contributed by atoms with van der Waals surface area (Å²) in [6.45, 7) is 5.92. The topological polar surface area (TPSA) is 93.0 Å². The average Bonchev–Trinajstić information content (AvgIpc) is 2.97. The van der Waals surface area contributed by atoms with Crippen LogP contribution in [0, 0.1) is 13.8 Å². The van der Waals surface area contributed by atoms with Crippen LogP contribution in [0.1, 0.15) is 40.1 Å². The number of carbonyl (C=O) groups excluding carboxylic acids is 1. The van der Waals surface area contributed by atoms with E-state index in [2.05, 4.69) is 20.7 Å². The van der Waals surface area contributed by atoms with E-state index in [1.807, 2.05) is 19.9 Å². The van der Waals surface area contributed by atoms with Crippen LogP contribution < -0.4 is 5.32 Å². The molecule has 2 aromatic rings. The zero-order chi connectivity index (χ0) is 15.4. The molecule has 1 amide bonds. The van der Waals surface area contributed by atoms with Gasteiger partial charge in [0.15, 0.2) is 5.69 Å². The van der Waals surface area contributed by atoms with Crippen LogP contribution in [0.25, 0.3) is 0 Å². The maximum absolute atomic E-state index is 12.2. The number of H-pyrrole nitrogens is 1. The van der Waals surface area contributed by atoms with E-state index >= 15 is 0 Å². The molecule has 0 aromatic carbocycles. The Hall–Kier alpha value is -2.15. The second kappa shape index (κ2) is 6.53. The molecular formula is C14H20N4O3. The fraction of sp³-hybridized carbons (Fsp3) is 0.500. The van der Waals surface area contributed by atoms with Gasteiger partial charge in [0.05, 0.1) is 17.9 Å². The first-order valence-electron chi connectivity index (χ1n) is 6.77. The first-order chi connectivity index (χ1) is 10.0. The molecule has 2 N–H and O–H groups in total. The molecule has 0 fully saturated rings. The molecule has 0 saturated carbocycles. The minimum absolute atomic E-state index is 0.0624. The lowest BCUT2D eigenvalue weighted by atomic mass is 10.1. The number of rotatable bonds is 6. The lowest BCUT2D eigenvalue weighted by Gasteiger charge is -2.11. The highest BCUT2D eigenvalue weighted by atomic mass is 16.5. The van der Waals surface area contributed by atoms with Gasteiger partial charge in [0, 0.05) is 25.3 Å². The number of hydrogen-bond donors (Lipinski definition) is 2. The number of aromatic amines is 1. The van der Waals surface area contributed by atoms with Gasteiger partial charge in [0.1, 0.15) is 5.76 Å². The molecular weight excluding hydrogens is 272 g/mol. The molecule has 0 aliphatic rings. The summed E-state index contributed by atoms with van der Waals surface area (Å²) in [6, 6.07) is 1.90. The van der Waals surface area contributed by atoms with Gasteiger partial charge in [0.2, 0.25) is 0 Å². The van der Waals surface area contributed by atoms with Crippen LogP contribution in [0.15, 0.2) is 10.6 Å². The van der Waals surface area contributed by atoms with E-state index in [-0.39, 0.29) is 17.6 Å². The van der Waals surface area contributed by atoms with Gasteiger partial charge in [-0.15, -0.1) is 0 Å². The summed E-state index contributed by atoms with van der Waals surface area (Å²) in [5.74, 6) is 0.330. The van der Waals surface area contributed by atoms with E-state index in [0.717, 1.165) is 11.4 Å². The van der Waals surface area contributed by atoms with E-state index < -0.39 is 0 Å². The molecule has 21 heavy (non-hydrogen) atoms. The third-order valence-electron chi connectivity index (χ3n) is 3.14. The van der Waals surface area contributed by atoms with Crippen molar-refractivity contribution in [2.24, 2.45) is 0 Å². The number of aryl methyl sites for hydroxylation is 2. The summed E-state index contributed by atoms with van der Waals surface area (Å²) >= 11 is 0. The van der Waals surface area contributed by atoms with Crippen LogP contribution in [-0.2, 0) is 17.8 Å². The van der Waals surface area contributed by atoms with Gasteiger partial charge in [-0.25, -0.2) is 0 Å². The van der Waals surface area contributed by atoms with Gasteiger partial charge >= 0.3 is 0 Å². The van der Waals surface area contributed by atoms with E-state index in [1.54, 1.807) is 14.0 Å². The number of carbonyl (C=O) groups is 1. The maximum atomic E-state index is 12.2. The monoisotopic (exact) mass is 292 g/mol. The van der Waals surface area contributed by atoms with Crippen molar-refractivity contribution in [3.05, 3.63) is 34.5 Å². The summed E-state index contributed by atoms with van der Waals surface area (Å²) in [5, 5.41) is 13.7. The van der Waals surface area contributed by atoms with Crippen molar-refractivity contribution in [3.63, 3.8) is 0 Å². The molecule has 114 valence electrons. The fourth-order valence-electron chi connectivity index (χ4n) is 2.12. The van der Waals surface area contributed by atoms with Crippen LogP contribution >= 0.6 is 0 Å². The van der Waals surface area contributed by atoms with E-state index in [0.29, 0.717) is 24.4 Å². The van der Waals surface area contributed by atoms with E-state index in [4.69, 9.17) is 9.26 Å². The van der Waals surface area contributed by atoms with Crippen molar-refractivity contribution in [2.75, 3.05) is 7.11 Å². The molecule has 0 bridgehead atoms. The first-order valence-corrected chi connectivity index (χ1v) is 6.77. The number of ether oxygens (including phenoxy) is 1. The fourth-order valence-corrected chi connectivity index (χ4v) is 2.12. The van der Waals surface area contributed by atoms with Crippen LogP contribution in [0.4, 0.5) is 0 Å². The Morgan fingerprint density at radius 3 is 2.90 bits per heavy atom. The predicted octanol–water partition coefficient (Wildman–Crippen LogP) is 1.52. The standard InChI is InChI=1S/C14H20N4O3/c1-8(5-11-6-9(2)16-17-11)15-14(19)13-12(7-20-4)10(3)21-18-13/h6,8H,5,7H2,1-4H3,(H,15,19)(H,16,17)/t8-/m1/s1. The zero-order valence-corrected chi connectivity index (χ0v) is 12.7. The van der Waals surface area contributed by atoms with Crippen molar-refractivity contribution in [1.82, 2.24) is 20.7 Å². The number of methoxy groups -OCH3 is 1. The van der Waals surface area contributed by atoms with Gasteiger partial charge in [-0.3, -0.25) is 9.89 Å². The van der Waals surface area contributed by atoms with E-state index in [1.165, 1.54) is 0 Å². The van der Waals surface area contributed by atoms with Crippen LogP contribution in [0.3, 0.4) is 0 Å². The Bertz CT molecular complexity index is 618. The minimum Gasteiger partial charge on any atom is -0.380 e. The quantitative estimate of drug-likeness (QED) is 0.842. The first kappa shape index (κ1) is 15.2. The maximum Gasteiger partial charge on any atom is 0.274 e. The lowest BCUT2D eigenvalue weighted by Crippen LogP contribution is -2.35. The van der Waals surface area contributed by atoms with Gasteiger partial charge in [-0.05, 0) is 26.8 Å². The van der Waals surface area contributed by atoms with Gasteiger partial charge in [0.25, 0.3) is 5.91 Å². The van der Waals surface area contributed by atoms with E-state index in [9.17, 15) is 4.79 Å². The summed E-state index contributed by atoms with van der Waals surface area (Å²) in [6.07, 6.45) is 0.645. The zero-order valence-electron chi connectivity index (χ0n) is 12.7. The normalized spacial score (nSPS) is 12.4. The van der Waals surface area contributed by atoms with Gasteiger partial charge < -0.3 is 14.6 Å². The summed E-state index contributed by atoms with van der Waals surface area (Å²) in [4.78, 5) is 12.2. The van der Waals surface area contributed by atoms with Gasteiger partial charge in [-0.2, -0.15) is 5.10 Å². The minimum atomic E-state index is -0.265.